The monoisotopic (exact) mass is 226 g/mol. The van der Waals surface area contributed by atoms with Gasteiger partial charge in [0.15, 0.2) is 0 Å². The van der Waals surface area contributed by atoms with E-state index in [1.54, 1.807) is 0 Å². The van der Waals surface area contributed by atoms with Crippen LogP contribution in [0.3, 0.4) is 0 Å². The van der Waals surface area contributed by atoms with Crippen molar-refractivity contribution in [1.29, 1.82) is 0 Å². The molecule has 0 spiro atoms. The first-order valence-corrected chi connectivity index (χ1v) is 5.55. The molecule has 0 bridgehead atoms. The van der Waals surface area contributed by atoms with Crippen LogP contribution in [0, 0.1) is 0 Å². The lowest BCUT2D eigenvalue weighted by Crippen LogP contribution is -1.93. The van der Waals surface area contributed by atoms with Crippen LogP contribution in [-0.4, -0.2) is 6.47 Å². The average molecular weight is 226 g/mol. The lowest BCUT2D eigenvalue weighted by molar-refractivity contribution is -0.129. The lowest BCUT2D eigenvalue weighted by Gasteiger charge is -2.04. The Kier molecular flexibility index (Phi) is 3.92. The SMILES string of the molecule is O=COCc1cccc(Cc2ccccc2)c1. The van der Waals surface area contributed by atoms with Gasteiger partial charge in [0.25, 0.3) is 6.47 Å². The van der Waals surface area contributed by atoms with E-state index in [0.29, 0.717) is 13.1 Å². The Labute approximate surface area is 101 Å². The fourth-order valence-corrected chi connectivity index (χ4v) is 1.79. The van der Waals surface area contributed by atoms with E-state index in [1.165, 1.54) is 11.1 Å². The van der Waals surface area contributed by atoms with Crippen LogP contribution in [0.25, 0.3) is 0 Å². The Morgan fingerprint density at radius 1 is 0.882 bits per heavy atom. The van der Waals surface area contributed by atoms with Gasteiger partial charge in [0.1, 0.15) is 6.61 Å². The standard InChI is InChI=1S/C15H14O2/c16-12-17-11-15-8-4-7-14(10-15)9-13-5-2-1-3-6-13/h1-8,10,12H,9,11H2. The van der Waals surface area contributed by atoms with E-state index in [9.17, 15) is 4.79 Å². The van der Waals surface area contributed by atoms with Crippen molar-refractivity contribution in [3.8, 4) is 0 Å². The molecule has 0 saturated heterocycles. The number of benzene rings is 2. The average Bonchev–Trinajstić information content (AvgIpc) is 2.38. The lowest BCUT2D eigenvalue weighted by atomic mass is 10.0. The summed E-state index contributed by atoms with van der Waals surface area (Å²) in [6.07, 6.45) is 0.899. The summed E-state index contributed by atoms with van der Waals surface area (Å²) < 4.78 is 4.74. The molecule has 0 fully saturated rings. The van der Waals surface area contributed by atoms with Gasteiger partial charge in [0.05, 0.1) is 0 Å². The molecule has 0 radical (unpaired) electrons. The number of hydrogen-bond acceptors (Lipinski definition) is 2. The Bertz CT molecular complexity index is 477. The number of rotatable bonds is 5. The first-order chi connectivity index (χ1) is 8.38. The Morgan fingerprint density at radius 3 is 2.35 bits per heavy atom. The fraction of sp³-hybridized carbons (Fsp3) is 0.133. The van der Waals surface area contributed by atoms with Crippen LogP contribution >= 0.6 is 0 Å². The molecule has 2 nitrogen and oxygen atoms in total. The van der Waals surface area contributed by atoms with Gasteiger partial charge in [0, 0.05) is 0 Å². The Balaban J connectivity index is 2.08. The van der Waals surface area contributed by atoms with Crippen LogP contribution in [-0.2, 0) is 22.6 Å². The summed E-state index contributed by atoms with van der Waals surface area (Å²) in [4.78, 5) is 10.1. The molecule has 0 aliphatic carbocycles. The van der Waals surface area contributed by atoms with Crippen molar-refractivity contribution in [2.45, 2.75) is 13.0 Å². The molecule has 0 saturated carbocycles. The van der Waals surface area contributed by atoms with Crippen molar-refractivity contribution in [3.05, 3.63) is 71.3 Å². The minimum atomic E-state index is 0.339. The molecule has 2 heteroatoms. The number of hydrogen-bond donors (Lipinski definition) is 0. The van der Waals surface area contributed by atoms with Crippen LogP contribution in [0.15, 0.2) is 54.6 Å². The van der Waals surface area contributed by atoms with Crippen LogP contribution in [0.1, 0.15) is 16.7 Å². The van der Waals surface area contributed by atoms with Crippen molar-refractivity contribution in [2.24, 2.45) is 0 Å². The highest BCUT2D eigenvalue weighted by Crippen LogP contribution is 2.11. The zero-order valence-electron chi connectivity index (χ0n) is 9.50. The minimum absolute atomic E-state index is 0.339. The maximum Gasteiger partial charge on any atom is 0.293 e. The first-order valence-electron chi connectivity index (χ1n) is 5.55. The highest BCUT2D eigenvalue weighted by molar-refractivity contribution is 5.37. The third-order valence-electron chi connectivity index (χ3n) is 2.56. The maximum absolute atomic E-state index is 10.1. The molecule has 0 aliphatic rings. The Morgan fingerprint density at radius 2 is 1.59 bits per heavy atom. The van der Waals surface area contributed by atoms with Crippen molar-refractivity contribution in [2.75, 3.05) is 0 Å². The molecule has 17 heavy (non-hydrogen) atoms. The van der Waals surface area contributed by atoms with E-state index in [-0.39, 0.29) is 0 Å². The van der Waals surface area contributed by atoms with Gasteiger partial charge in [0.2, 0.25) is 0 Å². The normalized spacial score (nSPS) is 9.88. The van der Waals surface area contributed by atoms with Crippen molar-refractivity contribution < 1.29 is 9.53 Å². The van der Waals surface area contributed by atoms with Gasteiger partial charge in [-0.15, -0.1) is 0 Å². The van der Waals surface area contributed by atoms with Crippen molar-refractivity contribution in [3.63, 3.8) is 0 Å². The second kappa shape index (κ2) is 5.85. The molecule has 2 rings (SSSR count). The van der Waals surface area contributed by atoms with Crippen molar-refractivity contribution in [1.82, 2.24) is 0 Å². The van der Waals surface area contributed by atoms with E-state index in [4.69, 9.17) is 4.74 Å². The van der Waals surface area contributed by atoms with Crippen molar-refractivity contribution >= 4 is 6.47 Å². The number of ether oxygens (including phenoxy) is 1. The van der Waals surface area contributed by atoms with E-state index in [0.717, 1.165) is 12.0 Å². The molecule has 0 atom stereocenters. The van der Waals surface area contributed by atoms with Crippen LogP contribution in [0.5, 0.6) is 0 Å². The molecule has 2 aromatic rings. The fourth-order valence-electron chi connectivity index (χ4n) is 1.79. The molecule has 0 aromatic heterocycles. The second-order valence-corrected chi connectivity index (χ2v) is 3.89. The molecule has 0 unspecified atom stereocenters. The Hall–Kier alpha value is -2.09. The zero-order chi connectivity index (χ0) is 11.9. The molecular formula is C15H14O2. The molecule has 86 valence electrons. The number of carbonyl (C=O) groups is 1. The van der Waals surface area contributed by atoms with Gasteiger partial charge in [-0.05, 0) is 23.1 Å². The van der Waals surface area contributed by atoms with Crippen LogP contribution < -0.4 is 0 Å². The molecule has 2 aromatic carbocycles. The first kappa shape index (κ1) is 11.4. The highest BCUT2D eigenvalue weighted by atomic mass is 16.5. The smallest absolute Gasteiger partial charge is 0.293 e. The molecule has 0 heterocycles. The zero-order valence-corrected chi connectivity index (χ0v) is 9.50. The summed E-state index contributed by atoms with van der Waals surface area (Å²) in [5.41, 5.74) is 3.52. The largest absolute Gasteiger partial charge is 0.463 e. The minimum Gasteiger partial charge on any atom is -0.463 e. The quantitative estimate of drug-likeness (QED) is 0.733. The van der Waals surface area contributed by atoms with Gasteiger partial charge < -0.3 is 4.74 Å². The summed E-state index contributed by atoms with van der Waals surface area (Å²) >= 11 is 0. The number of carbonyl (C=O) groups excluding carboxylic acids is 1. The van der Waals surface area contributed by atoms with Gasteiger partial charge in [-0.3, -0.25) is 4.79 Å². The molecule has 0 aliphatic heterocycles. The summed E-state index contributed by atoms with van der Waals surface area (Å²) in [7, 11) is 0. The summed E-state index contributed by atoms with van der Waals surface area (Å²) in [6, 6.07) is 18.4. The second-order valence-electron chi connectivity index (χ2n) is 3.89. The van der Waals surface area contributed by atoms with E-state index in [1.807, 2.05) is 30.3 Å². The van der Waals surface area contributed by atoms with Gasteiger partial charge in [-0.1, -0.05) is 54.6 Å². The predicted molar refractivity (Wildman–Crippen MR) is 66.5 cm³/mol. The van der Waals surface area contributed by atoms with Gasteiger partial charge >= 0.3 is 0 Å². The summed E-state index contributed by atoms with van der Waals surface area (Å²) in [5, 5.41) is 0. The predicted octanol–water partition coefficient (Wildman–Crippen LogP) is 2.95. The summed E-state index contributed by atoms with van der Waals surface area (Å²) in [5.74, 6) is 0. The molecule has 0 N–H and O–H groups in total. The van der Waals surface area contributed by atoms with E-state index in [2.05, 4.69) is 24.3 Å². The van der Waals surface area contributed by atoms with E-state index < -0.39 is 0 Å². The molecule has 0 amide bonds. The van der Waals surface area contributed by atoms with Gasteiger partial charge in [-0.2, -0.15) is 0 Å². The topological polar surface area (TPSA) is 26.3 Å². The maximum atomic E-state index is 10.1. The highest BCUT2D eigenvalue weighted by Gasteiger charge is 1.98. The summed E-state index contributed by atoms with van der Waals surface area (Å²) in [6.45, 7) is 0.815. The van der Waals surface area contributed by atoms with Crippen LogP contribution in [0.4, 0.5) is 0 Å². The van der Waals surface area contributed by atoms with E-state index >= 15 is 0 Å². The third kappa shape index (κ3) is 3.45. The van der Waals surface area contributed by atoms with Gasteiger partial charge in [-0.25, -0.2) is 0 Å². The third-order valence-corrected chi connectivity index (χ3v) is 2.56. The molecular weight excluding hydrogens is 212 g/mol. The van der Waals surface area contributed by atoms with Crippen LogP contribution in [0.2, 0.25) is 0 Å².